The molecule has 1 aliphatic rings. The first-order chi connectivity index (χ1) is 4.72. The summed E-state index contributed by atoms with van der Waals surface area (Å²) in [6.07, 6.45) is 0.826. The lowest BCUT2D eigenvalue weighted by atomic mass is 10.00. The lowest BCUT2D eigenvalue weighted by Gasteiger charge is -2.24. The number of carbonyl (C=O) groups is 1. The molecule has 0 amide bonds. The van der Waals surface area contributed by atoms with E-state index < -0.39 is 18.1 Å². The fourth-order valence-electron chi connectivity index (χ4n) is 1.07. The van der Waals surface area contributed by atoms with Crippen LogP contribution in [0.4, 0.5) is 0 Å². The van der Waals surface area contributed by atoms with Crippen molar-refractivity contribution in [1.29, 1.82) is 0 Å². The third-order valence-corrected chi connectivity index (χ3v) is 1.68. The third-order valence-electron chi connectivity index (χ3n) is 1.68. The highest BCUT2D eigenvalue weighted by molar-refractivity contribution is 5.70. The predicted octanol–water partition coefficient (Wildman–Crippen LogP) is -0.218. The molecule has 0 aliphatic carbocycles. The molecule has 0 radical (unpaired) electrons. The van der Waals surface area contributed by atoms with Gasteiger partial charge in [-0.05, 0) is 12.8 Å². The summed E-state index contributed by atoms with van der Waals surface area (Å²) in [6.45, 7) is 0.588. The molecular formula is C6H11NO3. The van der Waals surface area contributed by atoms with Gasteiger partial charge in [0, 0.05) is 6.61 Å². The van der Waals surface area contributed by atoms with E-state index >= 15 is 0 Å². The first kappa shape index (κ1) is 7.50. The minimum absolute atomic E-state index is 0.506. The Morgan fingerprint density at radius 3 is 2.80 bits per heavy atom. The minimum atomic E-state index is -0.854. The standard InChI is InChI=1S/C6H11NO3/c7-5-4(6(8)9)2-1-3-10-5/h4-5H,1-3,7H2,(H,8,9). The van der Waals surface area contributed by atoms with Gasteiger partial charge in [0.25, 0.3) is 0 Å². The Kier molecular flexibility index (Phi) is 2.24. The van der Waals surface area contributed by atoms with Crippen molar-refractivity contribution >= 4 is 5.97 Å². The molecule has 0 bridgehead atoms. The van der Waals surface area contributed by atoms with Gasteiger partial charge in [0.2, 0.25) is 0 Å². The summed E-state index contributed by atoms with van der Waals surface area (Å²) in [5, 5.41) is 8.55. The number of ether oxygens (including phenoxy) is 1. The number of carboxylic acid groups (broad SMARTS) is 1. The number of carboxylic acids is 1. The fourth-order valence-corrected chi connectivity index (χ4v) is 1.07. The van der Waals surface area contributed by atoms with Crippen LogP contribution in [0.5, 0.6) is 0 Å². The molecule has 3 N–H and O–H groups in total. The minimum Gasteiger partial charge on any atom is -0.481 e. The summed E-state index contributed by atoms with van der Waals surface area (Å²) in [7, 11) is 0. The second kappa shape index (κ2) is 2.98. The Morgan fingerprint density at radius 1 is 1.70 bits per heavy atom. The molecule has 1 aliphatic heterocycles. The first-order valence-electron chi connectivity index (χ1n) is 3.32. The fraction of sp³-hybridized carbons (Fsp3) is 0.833. The normalized spacial score (nSPS) is 33.7. The summed E-state index contributed by atoms with van der Waals surface area (Å²) < 4.78 is 4.95. The van der Waals surface area contributed by atoms with Crippen molar-refractivity contribution in [2.75, 3.05) is 6.61 Å². The zero-order valence-electron chi connectivity index (χ0n) is 5.62. The van der Waals surface area contributed by atoms with E-state index in [9.17, 15) is 4.79 Å². The van der Waals surface area contributed by atoms with Gasteiger partial charge in [-0.1, -0.05) is 0 Å². The first-order valence-corrected chi connectivity index (χ1v) is 3.32. The molecule has 0 saturated carbocycles. The van der Waals surface area contributed by atoms with Crippen LogP contribution in [0.2, 0.25) is 0 Å². The summed E-state index contributed by atoms with van der Waals surface area (Å²) in [4.78, 5) is 10.4. The average Bonchev–Trinajstić information content (AvgIpc) is 1.88. The zero-order chi connectivity index (χ0) is 7.56. The van der Waals surface area contributed by atoms with E-state index in [2.05, 4.69) is 0 Å². The van der Waals surface area contributed by atoms with Crippen LogP contribution in [0.25, 0.3) is 0 Å². The number of rotatable bonds is 1. The van der Waals surface area contributed by atoms with Crippen molar-refractivity contribution in [1.82, 2.24) is 0 Å². The molecule has 58 valence electrons. The van der Waals surface area contributed by atoms with Crippen LogP contribution in [0, 0.1) is 5.92 Å². The highest BCUT2D eigenvalue weighted by atomic mass is 16.5. The lowest BCUT2D eigenvalue weighted by molar-refractivity contribution is -0.151. The monoisotopic (exact) mass is 145 g/mol. The summed E-state index contributed by atoms with van der Waals surface area (Å²) in [5.74, 6) is -1.36. The SMILES string of the molecule is NC1OCCCC1C(=O)O. The Bertz CT molecular complexity index is 137. The topological polar surface area (TPSA) is 72.5 Å². The molecule has 0 aromatic rings. The number of aliphatic carboxylic acids is 1. The second-order valence-corrected chi connectivity index (χ2v) is 2.42. The van der Waals surface area contributed by atoms with Gasteiger partial charge in [-0.25, -0.2) is 0 Å². The lowest BCUT2D eigenvalue weighted by Crippen LogP contribution is -2.41. The van der Waals surface area contributed by atoms with E-state index in [4.69, 9.17) is 15.6 Å². The Hall–Kier alpha value is -0.610. The van der Waals surface area contributed by atoms with Crippen molar-refractivity contribution in [2.45, 2.75) is 19.1 Å². The summed E-state index contributed by atoms with van der Waals surface area (Å²) in [5.41, 5.74) is 5.38. The van der Waals surface area contributed by atoms with Crippen LogP contribution in [-0.4, -0.2) is 23.9 Å². The van der Waals surface area contributed by atoms with Gasteiger partial charge in [-0.2, -0.15) is 0 Å². The molecule has 0 aromatic heterocycles. The maximum absolute atomic E-state index is 10.4. The number of hydrogen-bond donors (Lipinski definition) is 2. The second-order valence-electron chi connectivity index (χ2n) is 2.42. The molecule has 1 fully saturated rings. The maximum atomic E-state index is 10.4. The maximum Gasteiger partial charge on any atom is 0.310 e. The molecule has 4 heteroatoms. The Balaban J connectivity index is 2.47. The quantitative estimate of drug-likeness (QED) is 0.535. The molecule has 0 spiro atoms. The highest BCUT2D eigenvalue weighted by Crippen LogP contribution is 2.16. The summed E-state index contributed by atoms with van der Waals surface area (Å²) in [6, 6.07) is 0. The van der Waals surface area contributed by atoms with Crippen molar-refractivity contribution in [2.24, 2.45) is 11.7 Å². The predicted molar refractivity (Wildman–Crippen MR) is 34.3 cm³/mol. The van der Waals surface area contributed by atoms with Gasteiger partial charge in [0.1, 0.15) is 6.23 Å². The van der Waals surface area contributed by atoms with Gasteiger partial charge in [0.15, 0.2) is 0 Å². The number of hydrogen-bond acceptors (Lipinski definition) is 3. The van der Waals surface area contributed by atoms with Gasteiger partial charge < -0.3 is 15.6 Å². The van der Waals surface area contributed by atoms with Crippen LogP contribution in [0.1, 0.15) is 12.8 Å². The smallest absolute Gasteiger partial charge is 0.310 e. The Morgan fingerprint density at radius 2 is 2.40 bits per heavy atom. The van der Waals surface area contributed by atoms with Crippen LogP contribution >= 0.6 is 0 Å². The van der Waals surface area contributed by atoms with Crippen molar-refractivity contribution in [3.8, 4) is 0 Å². The average molecular weight is 145 g/mol. The van der Waals surface area contributed by atoms with E-state index in [1.54, 1.807) is 0 Å². The van der Waals surface area contributed by atoms with Crippen molar-refractivity contribution in [3.63, 3.8) is 0 Å². The van der Waals surface area contributed by atoms with E-state index in [-0.39, 0.29) is 0 Å². The molecule has 4 nitrogen and oxygen atoms in total. The van der Waals surface area contributed by atoms with E-state index in [1.165, 1.54) is 0 Å². The highest BCUT2D eigenvalue weighted by Gasteiger charge is 2.28. The van der Waals surface area contributed by atoms with Crippen LogP contribution in [0.15, 0.2) is 0 Å². The molecule has 10 heavy (non-hydrogen) atoms. The molecular weight excluding hydrogens is 134 g/mol. The van der Waals surface area contributed by atoms with Crippen LogP contribution in [-0.2, 0) is 9.53 Å². The van der Waals surface area contributed by atoms with E-state index in [0.717, 1.165) is 6.42 Å². The van der Waals surface area contributed by atoms with Gasteiger partial charge >= 0.3 is 5.97 Å². The largest absolute Gasteiger partial charge is 0.481 e. The Labute approximate surface area is 59.0 Å². The summed E-state index contributed by atoms with van der Waals surface area (Å²) >= 11 is 0. The van der Waals surface area contributed by atoms with Gasteiger partial charge in [0.05, 0.1) is 5.92 Å². The van der Waals surface area contributed by atoms with E-state index in [0.29, 0.717) is 13.0 Å². The third kappa shape index (κ3) is 1.46. The van der Waals surface area contributed by atoms with Gasteiger partial charge in [-0.15, -0.1) is 0 Å². The molecule has 1 heterocycles. The van der Waals surface area contributed by atoms with Gasteiger partial charge in [-0.3, -0.25) is 4.79 Å². The van der Waals surface area contributed by atoms with Crippen LogP contribution in [0.3, 0.4) is 0 Å². The molecule has 1 rings (SSSR count). The zero-order valence-corrected chi connectivity index (χ0v) is 5.62. The molecule has 1 saturated heterocycles. The van der Waals surface area contributed by atoms with Crippen molar-refractivity contribution < 1.29 is 14.6 Å². The number of nitrogens with two attached hydrogens (primary N) is 1. The van der Waals surface area contributed by atoms with Crippen molar-refractivity contribution in [3.05, 3.63) is 0 Å². The molecule has 2 unspecified atom stereocenters. The molecule has 2 atom stereocenters. The van der Waals surface area contributed by atoms with Crippen LogP contribution < -0.4 is 5.73 Å². The molecule has 0 aromatic carbocycles. The van der Waals surface area contributed by atoms with E-state index in [1.807, 2.05) is 0 Å².